The molecule has 1 aromatic rings. The first-order valence-electron chi connectivity index (χ1n) is 6.58. The summed E-state index contributed by atoms with van der Waals surface area (Å²) >= 11 is 0. The average Bonchev–Trinajstić information content (AvgIpc) is 2.30. The molecular formula is C14H25N3O2. The highest BCUT2D eigenvalue weighted by atomic mass is 16.5. The minimum atomic E-state index is -0.316. The number of nitrogens with zero attached hydrogens (tertiary/aromatic N) is 2. The summed E-state index contributed by atoms with van der Waals surface area (Å²) in [5, 5.41) is 0. The van der Waals surface area contributed by atoms with Crippen LogP contribution < -0.4 is 15.4 Å². The number of nitrogens with two attached hydrogens (primary N) is 1. The van der Waals surface area contributed by atoms with Crippen LogP contribution in [0.1, 0.15) is 27.7 Å². The van der Waals surface area contributed by atoms with E-state index in [0.29, 0.717) is 18.2 Å². The monoisotopic (exact) mass is 267 g/mol. The first kappa shape index (κ1) is 15.6. The van der Waals surface area contributed by atoms with Gasteiger partial charge in [0.15, 0.2) is 0 Å². The smallest absolute Gasteiger partial charge is 0.239 e. The maximum absolute atomic E-state index is 5.89. The highest BCUT2D eigenvalue weighted by Crippen LogP contribution is 2.25. The molecule has 5 nitrogen and oxygen atoms in total. The number of hydrogen-bond donors (Lipinski definition) is 1. The fraction of sp³-hybridized carbons (Fsp3) is 0.643. The van der Waals surface area contributed by atoms with Crippen molar-refractivity contribution in [2.75, 3.05) is 37.4 Å². The summed E-state index contributed by atoms with van der Waals surface area (Å²) in [6.07, 6.45) is 0. The van der Waals surface area contributed by atoms with Gasteiger partial charge in [-0.2, -0.15) is 4.98 Å². The third-order valence-corrected chi connectivity index (χ3v) is 2.44. The summed E-state index contributed by atoms with van der Waals surface area (Å²) in [5.74, 6) is 1.31. The SMILES string of the molecule is CCOCCN(C)c1ccc(N)c(OC(C)(C)C)n1. The molecule has 108 valence electrons. The van der Waals surface area contributed by atoms with Gasteiger partial charge in [-0.15, -0.1) is 0 Å². The maximum atomic E-state index is 5.89. The van der Waals surface area contributed by atoms with Crippen molar-refractivity contribution in [3.8, 4) is 5.88 Å². The van der Waals surface area contributed by atoms with Gasteiger partial charge in [0.2, 0.25) is 5.88 Å². The largest absolute Gasteiger partial charge is 0.470 e. The van der Waals surface area contributed by atoms with E-state index in [1.165, 1.54) is 0 Å². The van der Waals surface area contributed by atoms with Gasteiger partial charge in [-0.05, 0) is 39.8 Å². The van der Waals surface area contributed by atoms with Gasteiger partial charge < -0.3 is 20.1 Å². The van der Waals surface area contributed by atoms with E-state index < -0.39 is 0 Å². The van der Waals surface area contributed by atoms with Gasteiger partial charge in [0.25, 0.3) is 0 Å². The van der Waals surface area contributed by atoms with Crippen molar-refractivity contribution < 1.29 is 9.47 Å². The van der Waals surface area contributed by atoms with Crippen molar-refractivity contribution >= 4 is 11.5 Å². The predicted molar refractivity (Wildman–Crippen MR) is 78.8 cm³/mol. The molecule has 1 aromatic heterocycles. The van der Waals surface area contributed by atoms with Crippen LogP contribution in [0, 0.1) is 0 Å². The number of pyridine rings is 1. The fourth-order valence-electron chi connectivity index (χ4n) is 1.49. The van der Waals surface area contributed by atoms with Crippen molar-refractivity contribution in [3.05, 3.63) is 12.1 Å². The number of anilines is 2. The predicted octanol–water partition coefficient (Wildman–Crippen LogP) is 2.31. The molecule has 0 aliphatic carbocycles. The fourth-order valence-corrected chi connectivity index (χ4v) is 1.49. The second-order valence-corrected chi connectivity index (χ2v) is 5.40. The lowest BCUT2D eigenvalue weighted by Crippen LogP contribution is -2.26. The molecule has 0 bridgehead atoms. The Bertz CT molecular complexity index is 402. The molecule has 5 heteroatoms. The molecule has 0 amide bonds. The Hall–Kier alpha value is -1.49. The summed E-state index contributed by atoms with van der Waals surface area (Å²) < 4.78 is 11.1. The number of nitrogen functional groups attached to an aromatic ring is 1. The van der Waals surface area contributed by atoms with Crippen LogP contribution in [0.4, 0.5) is 11.5 Å². The van der Waals surface area contributed by atoms with Crippen LogP contribution in [0.15, 0.2) is 12.1 Å². The van der Waals surface area contributed by atoms with Gasteiger partial charge in [-0.1, -0.05) is 0 Å². The second kappa shape index (κ2) is 6.61. The number of hydrogen-bond acceptors (Lipinski definition) is 5. The van der Waals surface area contributed by atoms with E-state index in [1.54, 1.807) is 0 Å². The zero-order valence-electron chi connectivity index (χ0n) is 12.6. The average molecular weight is 267 g/mol. The minimum Gasteiger partial charge on any atom is -0.470 e. The van der Waals surface area contributed by atoms with E-state index in [2.05, 4.69) is 4.98 Å². The van der Waals surface area contributed by atoms with Crippen LogP contribution in [-0.4, -0.2) is 37.4 Å². The number of ether oxygens (including phenoxy) is 2. The van der Waals surface area contributed by atoms with Gasteiger partial charge in [0.05, 0.1) is 12.3 Å². The van der Waals surface area contributed by atoms with Crippen LogP contribution in [0.2, 0.25) is 0 Å². The molecule has 1 rings (SSSR count). The Kier molecular flexibility index (Phi) is 5.42. The minimum absolute atomic E-state index is 0.316. The van der Waals surface area contributed by atoms with Crippen molar-refractivity contribution in [1.82, 2.24) is 4.98 Å². The molecule has 19 heavy (non-hydrogen) atoms. The van der Waals surface area contributed by atoms with Crippen LogP contribution in [-0.2, 0) is 4.74 Å². The summed E-state index contributed by atoms with van der Waals surface area (Å²) in [4.78, 5) is 6.48. The second-order valence-electron chi connectivity index (χ2n) is 5.40. The quantitative estimate of drug-likeness (QED) is 0.801. The highest BCUT2D eigenvalue weighted by Gasteiger charge is 2.16. The van der Waals surface area contributed by atoms with E-state index in [9.17, 15) is 0 Å². The van der Waals surface area contributed by atoms with E-state index in [-0.39, 0.29) is 5.60 Å². The molecule has 0 saturated carbocycles. The molecule has 0 atom stereocenters. The molecule has 0 fully saturated rings. The first-order chi connectivity index (χ1) is 8.83. The van der Waals surface area contributed by atoms with Crippen LogP contribution in [0.25, 0.3) is 0 Å². The molecule has 0 radical (unpaired) electrons. The lowest BCUT2D eigenvalue weighted by Gasteiger charge is -2.23. The molecule has 0 aliphatic rings. The van der Waals surface area contributed by atoms with Gasteiger partial charge >= 0.3 is 0 Å². The van der Waals surface area contributed by atoms with Gasteiger partial charge in [-0.25, -0.2) is 0 Å². The Morgan fingerprint density at radius 2 is 2.00 bits per heavy atom. The standard InChI is InChI=1S/C14H25N3O2/c1-6-18-10-9-17(5)12-8-7-11(15)13(16-12)19-14(2,3)4/h7-8H,6,9-10,15H2,1-5H3. The zero-order valence-corrected chi connectivity index (χ0v) is 12.6. The van der Waals surface area contributed by atoms with Crippen molar-refractivity contribution in [2.24, 2.45) is 0 Å². The van der Waals surface area contributed by atoms with Crippen molar-refractivity contribution in [3.63, 3.8) is 0 Å². The zero-order chi connectivity index (χ0) is 14.5. The summed E-state index contributed by atoms with van der Waals surface area (Å²) in [6.45, 7) is 10.1. The molecular weight excluding hydrogens is 242 g/mol. The van der Waals surface area contributed by atoms with Crippen molar-refractivity contribution in [2.45, 2.75) is 33.3 Å². The molecule has 2 N–H and O–H groups in total. The maximum Gasteiger partial charge on any atom is 0.239 e. The molecule has 0 spiro atoms. The Labute approximate surface area is 115 Å². The van der Waals surface area contributed by atoms with E-state index in [1.807, 2.05) is 51.8 Å². The van der Waals surface area contributed by atoms with Crippen LogP contribution in [0.5, 0.6) is 5.88 Å². The van der Waals surface area contributed by atoms with Crippen LogP contribution in [0.3, 0.4) is 0 Å². The van der Waals surface area contributed by atoms with Gasteiger partial charge in [0.1, 0.15) is 11.4 Å². The molecule has 0 saturated heterocycles. The number of aromatic nitrogens is 1. The normalized spacial score (nSPS) is 11.4. The number of likely N-dealkylation sites (N-methyl/N-ethyl adjacent to an activating group) is 1. The van der Waals surface area contributed by atoms with E-state index in [0.717, 1.165) is 19.0 Å². The van der Waals surface area contributed by atoms with Gasteiger partial charge in [0, 0.05) is 20.2 Å². The Balaban J connectivity index is 2.77. The molecule has 0 aromatic carbocycles. The summed E-state index contributed by atoms with van der Waals surface area (Å²) in [6, 6.07) is 3.71. The highest BCUT2D eigenvalue weighted by molar-refractivity contribution is 5.54. The van der Waals surface area contributed by atoms with Gasteiger partial charge in [-0.3, -0.25) is 0 Å². The van der Waals surface area contributed by atoms with Crippen LogP contribution >= 0.6 is 0 Å². The van der Waals surface area contributed by atoms with E-state index in [4.69, 9.17) is 15.2 Å². The lowest BCUT2D eigenvalue weighted by molar-refractivity contribution is 0.125. The summed E-state index contributed by atoms with van der Waals surface area (Å²) in [7, 11) is 1.97. The molecule has 1 heterocycles. The first-order valence-corrected chi connectivity index (χ1v) is 6.58. The lowest BCUT2D eigenvalue weighted by atomic mass is 10.2. The van der Waals surface area contributed by atoms with E-state index >= 15 is 0 Å². The van der Waals surface area contributed by atoms with Crippen molar-refractivity contribution in [1.29, 1.82) is 0 Å². The third kappa shape index (κ3) is 5.34. The Morgan fingerprint density at radius 1 is 1.32 bits per heavy atom. The molecule has 0 unspecified atom stereocenters. The summed E-state index contributed by atoms with van der Waals surface area (Å²) in [5.41, 5.74) is 6.12. The topological polar surface area (TPSA) is 60.6 Å². The molecule has 0 aliphatic heterocycles. The third-order valence-electron chi connectivity index (χ3n) is 2.44. The number of rotatable bonds is 6. The Morgan fingerprint density at radius 3 is 2.58 bits per heavy atom.